The molecule has 0 aliphatic carbocycles. The Bertz CT molecular complexity index is 871. The molecule has 122 valence electrons. The van der Waals surface area contributed by atoms with Crippen LogP contribution in [0.4, 0.5) is 11.9 Å². The van der Waals surface area contributed by atoms with Gasteiger partial charge in [0.25, 0.3) is 0 Å². The standard InChI is InChI=1S/C18H18ClN5/c1-11-6-8-12(9-7-11)16-10-15(13-4-2-3-5-14(13)19)21-18-22-17(20)23-24(16)18/h2-9,15-16H,10H2,1H3,(H3,20,21,22,23). The Balaban J connectivity index is 1.78. The molecule has 0 bridgehead atoms. The molecule has 24 heavy (non-hydrogen) atoms. The second-order valence-electron chi connectivity index (χ2n) is 6.12. The van der Waals surface area contributed by atoms with Crippen LogP contribution < -0.4 is 11.1 Å². The molecule has 3 aromatic rings. The Kier molecular flexibility index (Phi) is 3.65. The molecule has 0 radical (unpaired) electrons. The number of nitrogen functional groups attached to an aromatic ring is 1. The smallest absolute Gasteiger partial charge is 0.241 e. The SMILES string of the molecule is Cc1ccc(C2CC(c3ccccc3Cl)Nc3nc(N)nn32)cc1. The highest BCUT2D eigenvalue weighted by molar-refractivity contribution is 6.31. The summed E-state index contributed by atoms with van der Waals surface area (Å²) in [6.45, 7) is 2.08. The van der Waals surface area contributed by atoms with Gasteiger partial charge in [0.2, 0.25) is 11.9 Å². The van der Waals surface area contributed by atoms with Crippen LogP contribution in [0.3, 0.4) is 0 Å². The average molecular weight is 340 g/mol. The van der Waals surface area contributed by atoms with Crippen molar-refractivity contribution in [3.8, 4) is 0 Å². The van der Waals surface area contributed by atoms with Crippen LogP contribution in [0.15, 0.2) is 48.5 Å². The summed E-state index contributed by atoms with van der Waals surface area (Å²) in [6.07, 6.45) is 0.822. The van der Waals surface area contributed by atoms with E-state index in [2.05, 4.69) is 46.6 Å². The number of halogens is 1. The fourth-order valence-electron chi connectivity index (χ4n) is 3.22. The highest BCUT2D eigenvalue weighted by Crippen LogP contribution is 2.39. The second kappa shape index (κ2) is 5.83. The fourth-order valence-corrected chi connectivity index (χ4v) is 3.49. The highest BCUT2D eigenvalue weighted by Gasteiger charge is 2.31. The maximum atomic E-state index is 6.40. The summed E-state index contributed by atoms with van der Waals surface area (Å²) in [6, 6.07) is 16.5. The van der Waals surface area contributed by atoms with Gasteiger partial charge in [0, 0.05) is 5.02 Å². The third-order valence-corrected chi connectivity index (χ3v) is 4.79. The van der Waals surface area contributed by atoms with Crippen LogP contribution in [0.5, 0.6) is 0 Å². The summed E-state index contributed by atoms with van der Waals surface area (Å²) >= 11 is 6.40. The Morgan fingerprint density at radius 2 is 1.92 bits per heavy atom. The fraction of sp³-hybridized carbons (Fsp3) is 0.222. The van der Waals surface area contributed by atoms with E-state index in [1.165, 1.54) is 11.1 Å². The van der Waals surface area contributed by atoms with Crippen molar-refractivity contribution in [2.45, 2.75) is 25.4 Å². The Morgan fingerprint density at radius 1 is 1.17 bits per heavy atom. The lowest BCUT2D eigenvalue weighted by atomic mass is 9.93. The van der Waals surface area contributed by atoms with Crippen LogP contribution in [0.1, 0.15) is 35.2 Å². The number of nitrogens with one attached hydrogen (secondary N) is 1. The number of benzene rings is 2. The zero-order valence-corrected chi connectivity index (χ0v) is 14.0. The molecule has 0 amide bonds. The van der Waals surface area contributed by atoms with Gasteiger partial charge in [0.05, 0.1) is 12.1 Å². The van der Waals surface area contributed by atoms with Crippen LogP contribution >= 0.6 is 11.6 Å². The molecule has 1 aliphatic rings. The van der Waals surface area contributed by atoms with Gasteiger partial charge in [-0.05, 0) is 30.5 Å². The first-order chi connectivity index (χ1) is 11.6. The molecule has 1 aliphatic heterocycles. The van der Waals surface area contributed by atoms with Crippen LogP contribution in [-0.2, 0) is 0 Å². The van der Waals surface area contributed by atoms with E-state index in [1.807, 2.05) is 28.9 Å². The molecule has 0 saturated carbocycles. The first-order valence-electron chi connectivity index (χ1n) is 7.91. The highest BCUT2D eigenvalue weighted by atomic mass is 35.5. The summed E-state index contributed by atoms with van der Waals surface area (Å²) < 4.78 is 1.87. The first-order valence-corrected chi connectivity index (χ1v) is 8.29. The van der Waals surface area contributed by atoms with Crippen LogP contribution in [0.25, 0.3) is 0 Å². The maximum absolute atomic E-state index is 6.40. The van der Waals surface area contributed by atoms with Gasteiger partial charge >= 0.3 is 0 Å². The molecular weight excluding hydrogens is 322 g/mol. The molecule has 2 atom stereocenters. The molecule has 0 fully saturated rings. The van der Waals surface area contributed by atoms with E-state index < -0.39 is 0 Å². The van der Waals surface area contributed by atoms with Crippen molar-refractivity contribution in [3.63, 3.8) is 0 Å². The Labute approximate surface area is 145 Å². The normalized spacial score (nSPS) is 19.6. The molecule has 2 aromatic carbocycles. The molecule has 4 rings (SSSR count). The molecule has 1 aromatic heterocycles. The number of rotatable bonds is 2. The average Bonchev–Trinajstić information content (AvgIpc) is 2.95. The van der Waals surface area contributed by atoms with Gasteiger partial charge in [0.1, 0.15) is 0 Å². The molecule has 0 saturated heterocycles. The predicted molar refractivity (Wildman–Crippen MR) is 96.2 cm³/mol. The molecular formula is C18H18ClN5. The van der Waals surface area contributed by atoms with E-state index in [0.29, 0.717) is 5.95 Å². The van der Waals surface area contributed by atoms with Crippen molar-refractivity contribution in [1.29, 1.82) is 0 Å². The van der Waals surface area contributed by atoms with Crippen molar-refractivity contribution in [1.82, 2.24) is 14.8 Å². The number of aryl methyl sites for hydroxylation is 1. The van der Waals surface area contributed by atoms with Crippen molar-refractivity contribution >= 4 is 23.5 Å². The molecule has 6 heteroatoms. The number of anilines is 2. The van der Waals surface area contributed by atoms with Crippen LogP contribution in [0.2, 0.25) is 5.02 Å². The summed E-state index contributed by atoms with van der Waals surface area (Å²) in [5, 5.41) is 8.53. The molecule has 5 nitrogen and oxygen atoms in total. The molecule has 2 heterocycles. The van der Waals surface area contributed by atoms with Gasteiger partial charge in [0.15, 0.2) is 0 Å². The van der Waals surface area contributed by atoms with E-state index in [4.69, 9.17) is 17.3 Å². The summed E-state index contributed by atoms with van der Waals surface area (Å²) in [5.74, 6) is 0.948. The lowest BCUT2D eigenvalue weighted by molar-refractivity contribution is 0.431. The molecule has 3 N–H and O–H groups in total. The minimum atomic E-state index is 0.0566. The zero-order valence-electron chi connectivity index (χ0n) is 13.3. The number of aromatic nitrogens is 3. The largest absolute Gasteiger partial charge is 0.366 e. The molecule has 0 spiro atoms. The zero-order chi connectivity index (χ0) is 16.7. The quantitative estimate of drug-likeness (QED) is 0.741. The van der Waals surface area contributed by atoms with E-state index in [0.717, 1.165) is 17.0 Å². The molecule has 2 unspecified atom stereocenters. The number of hydrogen-bond donors (Lipinski definition) is 2. The first kappa shape index (κ1) is 15.0. The van der Waals surface area contributed by atoms with E-state index in [1.54, 1.807) is 0 Å². The van der Waals surface area contributed by atoms with Gasteiger partial charge in [-0.2, -0.15) is 4.98 Å². The minimum absolute atomic E-state index is 0.0566. The lowest BCUT2D eigenvalue weighted by Gasteiger charge is -2.32. The number of hydrogen-bond acceptors (Lipinski definition) is 4. The Morgan fingerprint density at radius 3 is 2.67 bits per heavy atom. The van der Waals surface area contributed by atoms with Gasteiger partial charge in [-0.15, -0.1) is 5.10 Å². The lowest BCUT2D eigenvalue weighted by Crippen LogP contribution is -2.28. The van der Waals surface area contributed by atoms with Gasteiger partial charge in [-0.25, -0.2) is 4.68 Å². The summed E-state index contributed by atoms with van der Waals surface area (Å²) in [7, 11) is 0. The van der Waals surface area contributed by atoms with Crippen molar-refractivity contribution in [2.24, 2.45) is 0 Å². The van der Waals surface area contributed by atoms with Gasteiger partial charge < -0.3 is 11.1 Å². The minimum Gasteiger partial charge on any atom is -0.366 e. The van der Waals surface area contributed by atoms with Crippen molar-refractivity contribution in [3.05, 3.63) is 70.2 Å². The second-order valence-corrected chi connectivity index (χ2v) is 6.53. The van der Waals surface area contributed by atoms with Crippen LogP contribution in [-0.4, -0.2) is 14.8 Å². The van der Waals surface area contributed by atoms with Crippen molar-refractivity contribution < 1.29 is 0 Å². The van der Waals surface area contributed by atoms with E-state index in [9.17, 15) is 0 Å². The van der Waals surface area contributed by atoms with E-state index in [-0.39, 0.29) is 18.0 Å². The van der Waals surface area contributed by atoms with Crippen molar-refractivity contribution in [2.75, 3.05) is 11.1 Å². The maximum Gasteiger partial charge on any atom is 0.241 e. The topological polar surface area (TPSA) is 68.8 Å². The summed E-state index contributed by atoms with van der Waals surface area (Å²) in [4.78, 5) is 4.33. The number of nitrogens with zero attached hydrogens (tertiary/aromatic N) is 3. The predicted octanol–water partition coefficient (Wildman–Crippen LogP) is 3.97. The van der Waals surface area contributed by atoms with Gasteiger partial charge in [-0.3, -0.25) is 0 Å². The number of fused-ring (bicyclic) bond motifs is 1. The monoisotopic (exact) mass is 339 g/mol. The number of nitrogens with two attached hydrogens (primary N) is 1. The third kappa shape index (κ3) is 2.61. The van der Waals surface area contributed by atoms with Gasteiger partial charge in [-0.1, -0.05) is 59.6 Å². The third-order valence-electron chi connectivity index (χ3n) is 4.45. The Hall–Kier alpha value is -2.53. The summed E-state index contributed by atoms with van der Waals surface area (Å²) in [5.41, 5.74) is 9.30. The van der Waals surface area contributed by atoms with Crippen LogP contribution in [0, 0.1) is 6.92 Å². The van der Waals surface area contributed by atoms with E-state index >= 15 is 0 Å².